The highest BCUT2D eigenvalue weighted by Crippen LogP contribution is 2.23. The first-order valence-electron chi connectivity index (χ1n) is 12.6. The maximum Gasteiger partial charge on any atom is 0.410 e. The molecule has 11 heteroatoms. The molecule has 0 unspecified atom stereocenters. The second-order valence-corrected chi connectivity index (χ2v) is 12.1. The van der Waals surface area contributed by atoms with Gasteiger partial charge in [-0.3, -0.25) is 9.21 Å². The average Bonchev–Trinajstić information content (AvgIpc) is 2.89. The van der Waals surface area contributed by atoms with E-state index in [1.54, 1.807) is 60.5 Å². The number of amides is 1. The maximum atomic E-state index is 13.7. The molecule has 0 saturated carbocycles. The summed E-state index contributed by atoms with van der Waals surface area (Å²) >= 11 is 0. The van der Waals surface area contributed by atoms with Crippen LogP contribution in [0.5, 0.6) is 0 Å². The summed E-state index contributed by atoms with van der Waals surface area (Å²) in [5.74, 6) is -0.448. The number of carbonyl (C=O) groups is 2. The fourth-order valence-electron chi connectivity index (χ4n) is 3.98. The van der Waals surface area contributed by atoms with Gasteiger partial charge in [-0.1, -0.05) is 30.3 Å². The molecule has 0 bridgehead atoms. The van der Waals surface area contributed by atoms with E-state index in [4.69, 9.17) is 9.47 Å². The lowest BCUT2D eigenvalue weighted by Crippen LogP contribution is -2.52. The van der Waals surface area contributed by atoms with Gasteiger partial charge in [-0.05, 0) is 50.6 Å². The fraction of sp³-hybridized carbons (Fsp3) is 0.481. The third-order valence-electron chi connectivity index (χ3n) is 6.17. The second kappa shape index (κ2) is 12.6. The molecule has 3 rings (SSSR count). The molecule has 1 heterocycles. The predicted octanol–water partition coefficient (Wildman–Crippen LogP) is 3.21. The summed E-state index contributed by atoms with van der Waals surface area (Å²) in [6.07, 6.45) is -0.324. The molecule has 1 amide bonds. The molecule has 1 aliphatic heterocycles. The molecule has 2 aromatic carbocycles. The Morgan fingerprint density at radius 2 is 1.55 bits per heavy atom. The van der Waals surface area contributed by atoms with E-state index in [9.17, 15) is 18.0 Å². The van der Waals surface area contributed by atoms with Crippen LogP contribution in [0.4, 0.5) is 10.5 Å². The van der Waals surface area contributed by atoms with E-state index < -0.39 is 21.8 Å². The number of piperazine rings is 1. The lowest BCUT2D eigenvalue weighted by molar-refractivity contribution is 0.0144. The van der Waals surface area contributed by atoms with Crippen LogP contribution in [0.25, 0.3) is 0 Å². The van der Waals surface area contributed by atoms with E-state index in [0.29, 0.717) is 50.5 Å². The van der Waals surface area contributed by atoms with Gasteiger partial charge >= 0.3 is 22.3 Å². The minimum absolute atomic E-state index is 0.104. The molecule has 1 aliphatic rings. The van der Waals surface area contributed by atoms with Gasteiger partial charge in [0.15, 0.2) is 0 Å². The number of likely N-dealkylation sites (N-methyl/N-ethyl adjacent to an activating group) is 1. The van der Waals surface area contributed by atoms with Gasteiger partial charge in [-0.25, -0.2) is 9.59 Å². The first-order valence-corrected chi connectivity index (χ1v) is 14.0. The van der Waals surface area contributed by atoms with Gasteiger partial charge in [0.25, 0.3) is 0 Å². The lowest BCUT2D eigenvalue weighted by Gasteiger charge is -2.36. The SMILES string of the molecule is COC(=O)c1ccc(CN(c2ccccc2)S(=O)(=O)N(C)CCN2CCN(C(=O)OC(C)(C)C)CC2)cc1. The van der Waals surface area contributed by atoms with E-state index >= 15 is 0 Å². The van der Waals surface area contributed by atoms with Crippen LogP contribution in [-0.4, -0.2) is 93.6 Å². The molecule has 10 nitrogen and oxygen atoms in total. The molecule has 38 heavy (non-hydrogen) atoms. The van der Waals surface area contributed by atoms with Crippen molar-refractivity contribution in [3.63, 3.8) is 0 Å². The van der Waals surface area contributed by atoms with Gasteiger partial charge < -0.3 is 14.4 Å². The fourth-order valence-corrected chi connectivity index (χ4v) is 5.33. The number of rotatable bonds is 9. The van der Waals surface area contributed by atoms with Crippen molar-refractivity contribution in [2.24, 2.45) is 0 Å². The number of nitrogens with zero attached hydrogens (tertiary/aromatic N) is 4. The van der Waals surface area contributed by atoms with Gasteiger partial charge in [0.1, 0.15) is 5.60 Å². The predicted molar refractivity (Wildman–Crippen MR) is 146 cm³/mol. The van der Waals surface area contributed by atoms with E-state index in [0.717, 1.165) is 5.56 Å². The Hall–Kier alpha value is -3.15. The van der Waals surface area contributed by atoms with Gasteiger partial charge in [0, 0.05) is 46.3 Å². The normalized spacial score (nSPS) is 14.8. The summed E-state index contributed by atoms with van der Waals surface area (Å²) < 4.78 is 40.3. The van der Waals surface area contributed by atoms with Crippen molar-refractivity contribution in [2.75, 3.05) is 57.7 Å². The first-order chi connectivity index (χ1) is 17.9. The van der Waals surface area contributed by atoms with E-state index in [1.165, 1.54) is 15.7 Å². The number of benzene rings is 2. The highest BCUT2D eigenvalue weighted by atomic mass is 32.2. The second-order valence-electron chi connectivity index (χ2n) is 10.2. The van der Waals surface area contributed by atoms with Crippen molar-refractivity contribution >= 4 is 28.0 Å². The van der Waals surface area contributed by atoms with Gasteiger partial charge in [0.2, 0.25) is 0 Å². The third-order valence-corrected chi connectivity index (χ3v) is 8.04. The molecule has 1 saturated heterocycles. The van der Waals surface area contributed by atoms with Crippen LogP contribution in [0.2, 0.25) is 0 Å². The van der Waals surface area contributed by atoms with Crippen molar-refractivity contribution in [1.82, 2.24) is 14.1 Å². The smallest absolute Gasteiger partial charge is 0.410 e. The molecule has 2 aromatic rings. The van der Waals surface area contributed by atoms with Crippen LogP contribution >= 0.6 is 0 Å². The Labute approximate surface area is 225 Å². The number of methoxy groups -OCH3 is 1. The van der Waals surface area contributed by atoms with Crippen LogP contribution in [0.15, 0.2) is 54.6 Å². The Bertz CT molecular complexity index is 1170. The van der Waals surface area contributed by atoms with Gasteiger partial charge in [-0.2, -0.15) is 12.7 Å². The minimum atomic E-state index is -3.86. The molecule has 0 N–H and O–H groups in total. The zero-order valence-corrected chi connectivity index (χ0v) is 23.6. The van der Waals surface area contributed by atoms with E-state index in [1.807, 2.05) is 26.8 Å². The summed E-state index contributed by atoms with van der Waals surface area (Å²) in [5, 5.41) is 0. The molecular weight excluding hydrogens is 508 g/mol. The van der Waals surface area contributed by atoms with Crippen LogP contribution in [-0.2, 0) is 26.2 Å². The summed E-state index contributed by atoms with van der Waals surface area (Å²) in [7, 11) is -0.977. The summed E-state index contributed by atoms with van der Waals surface area (Å²) in [5.41, 5.74) is 1.13. The third kappa shape index (κ3) is 7.92. The van der Waals surface area contributed by atoms with Crippen molar-refractivity contribution in [3.8, 4) is 0 Å². The van der Waals surface area contributed by atoms with Crippen LogP contribution in [0.3, 0.4) is 0 Å². The van der Waals surface area contributed by atoms with E-state index in [2.05, 4.69) is 4.90 Å². The summed E-state index contributed by atoms with van der Waals surface area (Å²) in [6, 6.07) is 15.6. The van der Waals surface area contributed by atoms with Gasteiger partial charge in [0.05, 0.1) is 24.9 Å². The number of esters is 1. The standard InChI is InChI=1S/C27H38N4O6S/c1-27(2,3)37-26(33)30-19-17-29(18-20-30)16-15-28(4)38(34,35)31(24-9-7-6-8-10-24)21-22-11-13-23(14-12-22)25(32)36-5/h6-14H,15-21H2,1-5H3. The quantitative estimate of drug-likeness (QED) is 0.446. The van der Waals surface area contributed by atoms with Crippen molar-refractivity contribution in [1.29, 1.82) is 0 Å². The molecule has 0 atom stereocenters. The van der Waals surface area contributed by atoms with Crippen LogP contribution in [0.1, 0.15) is 36.7 Å². The Morgan fingerprint density at radius 3 is 2.11 bits per heavy atom. The highest BCUT2D eigenvalue weighted by molar-refractivity contribution is 7.90. The van der Waals surface area contributed by atoms with Crippen molar-refractivity contribution in [3.05, 3.63) is 65.7 Å². The largest absolute Gasteiger partial charge is 0.465 e. The Kier molecular flexibility index (Phi) is 9.75. The molecule has 0 radical (unpaired) electrons. The molecule has 208 valence electrons. The first kappa shape index (κ1) is 29.4. The van der Waals surface area contributed by atoms with Crippen molar-refractivity contribution < 1.29 is 27.5 Å². The monoisotopic (exact) mass is 546 g/mol. The molecule has 1 fully saturated rings. The molecule has 0 aromatic heterocycles. The lowest BCUT2D eigenvalue weighted by atomic mass is 10.1. The van der Waals surface area contributed by atoms with E-state index in [-0.39, 0.29) is 12.6 Å². The number of para-hydroxylation sites is 1. The number of hydrogen-bond acceptors (Lipinski definition) is 7. The summed E-state index contributed by atoms with van der Waals surface area (Å²) in [4.78, 5) is 27.9. The number of hydrogen-bond donors (Lipinski definition) is 0. The van der Waals surface area contributed by atoms with Crippen LogP contribution < -0.4 is 4.31 Å². The Morgan fingerprint density at radius 1 is 0.947 bits per heavy atom. The van der Waals surface area contributed by atoms with Gasteiger partial charge in [-0.15, -0.1) is 0 Å². The average molecular weight is 547 g/mol. The highest BCUT2D eigenvalue weighted by Gasteiger charge is 2.30. The van der Waals surface area contributed by atoms with Crippen LogP contribution in [0, 0.1) is 0 Å². The molecule has 0 spiro atoms. The Balaban J connectivity index is 1.64. The summed E-state index contributed by atoms with van der Waals surface area (Å²) in [6.45, 7) is 8.80. The maximum absolute atomic E-state index is 13.7. The number of carbonyl (C=O) groups excluding carboxylic acids is 2. The topological polar surface area (TPSA) is 99.7 Å². The molecule has 0 aliphatic carbocycles. The minimum Gasteiger partial charge on any atom is -0.465 e. The molecular formula is C27H38N4O6S. The zero-order valence-electron chi connectivity index (χ0n) is 22.8. The zero-order chi connectivity index (χ0) is 27.9. The van der Waals surface area contributed by atoms with Crippen molar-refractivity contribution in [2.45, 2.75) is 32.9 Å². The number of ether oxygens (including phenoxy) is 2. The number of anilines is 1.